The van der Waals surface area contributed by atoms with Crippen LogP contribution in [0.15, 0.2) is 22.7 Å². The quantitative estimate of drug-likeness (QED) is 0.897. The van der Waals surface area contributed by atoms with Gasteiger partial charge in [0, 0.05) is 4.47 Å². The van der Waals surface area contributed by atoms with Crippen LogP contribution in [-0.4, -0.2) is 16.6 Å². The summed E-state index contributed by atoms with van der Waals surface area (Å²) in [6.07, 6.45) is 1.82. The van der Waals surface area contributed by atoms with Crippen molar-refractivity contribution in [3.05, 3.63) is 28.2 Å². The lowest BCUT2D eigenvalue weighted by molar-refractivity contribution is -0.142. The van der Waals surface area contributed by atoms with E-state index in [-0.39, 0.29) is 5.92 Å². The zero-order valence-corrected chi connectivity index (χ0v) is 11.5. The van der Waals surface area contributed by atoms with Crippen LogP contribution < -0.4 is 5.32 Å². The Morgan fingerprint density at radius 2 is 2.28 bits per heavy atom. The van der Waals surface area contributed by atoms with Crippen LogP contribution in [0.3, 0.4) is 0 Å². The summed E-state index contributed by atoms with van der Waals surface area (Å²) in [7, 11) is 0. The summed E-state index contributed by atoms with van der Waals surface area (Å²) < 4.78 is 0.799. The Hall–Kier alpha value is -1.54. The van der Waals surface area contributed by atoms with Gasteiger partial charge in [-0.1, -0.05) is 15.9 Å². The van der Waals surface area contributed by atoms with Crippen LogP contribution in [-0.2, 0) is 4.79 Å². The molecule has 0 radical (unpaired) electrons. The molecule has 0 bridgehead atoms. The number of hydrogen-bond donors (Lipinski definition) is 2. The van der Waals surface area contributed by atoms with Gasteiger partial charge in [0.25, 0.3) is 0 Å². The second kappa shape index (κ2) is 4.62. The van der Waals surface area contributed by atoms with E-state index in [0.29, 0.717) is 11.3 Å². The first kappa shape index (κ1) is 12.9. The van der Waals surface area contributed by atoms with Crippen LogP contribution in [0, 0.1) is 17.2 Å². The van der Waals surface area contributed by atoms with E-state index in [0.717, 1.165) is 17.3 Å². The number of benzene rings is 1. The van der Waals surface area contributed by atoms with Gasteiger partial charge in [0.1, 0.15) is 11.6 Å². The normalized spacial score (nSPS) is 17.6. The number of aliphatic carboxylic acids is 1. The summed E-state index contributed by atoms with van der Waals surface area (Å²) in [5.41, 5.74) is 0.00869. The maximum absolute atomic E-state index is 11.4. The van der Waals surface area contributed by atoms with Crippen molar-refractivity contribution in [3.8, 4) is 6.07 Å². The van der Waals surface area contributed by atoms with Gasteiger partial charge in [-0.2, -0.15) is 5.26 Å². The number of nitrogens with one attached hydrogen (secondary N) is 1. The van der Waals surface area contributed by atoms with Gasteiger partial charge in [-0.25, -0.2) is 4.79 Å². The molecule has 94 valence electrons. The maximum Gasteiger partial charge on any atom is 0.329 e. The first-order valence-corrected chi connectivity index (χ1v) is 6.48. The molecule has 2 N–H and O–H groups in total. The molecule has 0 aromatic heterocycles. The lowest BCUT2D eigenvalue weighted by Gasteiger charge is -2.27. The van der Waals surface area contributed by atoms with E-state index in [4.69, 9.17) is 5.26 Å². The molecular weight excluding hydrogens is 296 g/mol. The van der Waals surface area contributed by atoms with Crippen LogP contribution in [0.1, 0.15) is 25.3 Å². The third-order valence-corrected chi connectivity index (χ3v) is 3.83. The van der Waals surface area contributed by atoms with Crippen molar-refractivity contribution in [2.45, 2.75) is 25.3 Å². The minimum Gasteiger partial charge on any atom is -0.480 e. The average Bonchev–Trinajstić information content (AvgIpc) is 3.15. The zero-order chi connectivity index (χ0) is 13.3. The topological polar surface area (TPSA) is 73.1 Å². The number of rotatable bonds is 4. The summed E-state index contributed by atoms with van der Waals surface area (Å²) in [6.45, 7) is 1.68. The van der Waals surface area contributed by atoms with Gasteiger partial charge >= 0.3 is 5.97 Å². The van der Waals surface area contributed by atoms with Gasteiger partial charge in [-0.05, 0) is 43.9 Å². The fourth-order valence-corrected chi connectivity index (χ4v) is 2.35. The van der Waals surface area contributed by atoms with E-state index in [1.807, 2.05) is 0 Å². The number of carboxylic acid groups (broad SMARTS) is 1. The van der Waals surface area contributed by atoms with Crippen molar-refractivity contribution in [1.82, 2.24) is 0 Å². The Balaban J connectivity index is 2.33. The number of hydrogen-bond acceptors (Lipinski definition) is 3. The Labute approximate surface area is 114 Å². The molecule has 5 heteroatoms. The smallest absolute Gasteiger partial charge is 0.329 e. The van der Waals surface area contributed by atoms with Crippen molar-refractivity contribution in [2.75, 3.05) is 5.32 Å². The van der Waals surface area contributed by atoms with E-state index in [1.165, 1.54) is 0 Å². The summed E-state index contributed by atoms with van der Waals surface area (Å²) in [5.74, 6) is -0.748. The van der Waals surface area contributed by atoms with Gasteiger partial charge in [-0.15, -0.1) is 0 Å². The predicted molar refractivity (Wildman–Crippen MR) is 71.2 cm³/mol. The van der Waals surface area contributed by atoms with Crippen LogP contribution >= 0.6 is 15.9 Å². The second-order valence-electron chi connectivity index (χ2n) is 4.71. The van der Waals surface area contributed by atoms with E-state index in [1.54, 1.807) is 25.1 Å². The van der Waals surface area contributed by atoms with Crippen molar-refractivity contribution in [3.63, 3.8) is 0 Å². The molecule has 1 aliphatic rings. The summed E-state index contributed by atoms with van der Waals surface area (Å²) in [5, 5.41) is 21.5. The molecule has 0 saturated heterocycles. The number of carbonyl (C=O) groups is 1. The molecule has 0 heterocycles. The van der Waals surface area contributed by atoms with Crippen LogP contribution in [0.2, 0.25) is 0 Å². The van der Waals surface area contributed by atoms with E-state index < -0.39 is 11.5 Å². The minimum absolute atomic E-state index is 0.130. The first-order chi connectivity index (χ1) is 8.47. The molecule has 1 aliphatic carbocycles. The molecule has 0 aliphatic heterocycles. The fourth-order valence-electron chi connectivity index (χ4n) is 1.99. The van der Waals surface area contributed by atoms with E-state index >= 15 is 0 Å². The minimum atomic E-state index is -1.00. The Morgan fingerprint density at radius 1 is 1.61 bits per heavy atom. The molecule has 0 spiro atoms. The second-order valence-corrected chi connectivity index (χ2v) is 5.62. The number of nitriles is 1. The van der Waals surface area contributed by atoms with Gasteiger partial charge in [0.05, 0.1) is 11.3 Å². The highest BCUT2D eigenvalue weighted by atomic mass is 79.9. The molecule has 4 nitrogen and oxygen atoms in total. The molecule has 1 fully saturated rings. The predicted octanol–water partition coefficient (Wildman–Crippen LogP) is 2.99. The zero-order valence-electron chi connectivity index (χ0n) is 9.90. The summed E-state index contributed by atoms with van der Waals surface area (Å²) >= 11 is 3.29. The molecule has 1 aromatic carbocycles. The molecule has 1 unspecified atom stereocenters. The number of anilines is 1. The van der Waals surface area contributed by atoms with Crippen molar-refractivity contribution in [2.24, 2.45) is 5.92 Å². The third kappa shape index (κ3) is 2.34. The largest absolute Gasteiger partial charge is 0.480 e. The highest BCUT2D eigenvalue weighted by molar-refractivity contribution is 9.10. The maximum atomic E-state index is 11.4. The third-order valence-electron chi connectivity index (χ3n) is 3.33. The van der Waals surface area contributed by atoms with Gasteiger partial charge in [0.15, 0.2) is 0 Å². The molecule has 1 saturated carbocycles. The fraction of sp³-hybridized carbons (Fsp3) is 0.385. The van der Waals surface area contributed by atoms with Crippen LogP contribution in [0.4, 0.5) is 5.69 Å². The lowest BCUT2D eigenvalue weighted by atomic mass is 9.95. The number of nitrogens with zero attached hydrogens (tertiary/aromatic N) is 1. The standard InChI is InChI=1S/C13H13BrN2O2/c1-13(12(17)18,9-2-3-9)16-11-5-4-10(14)6-8(11)7-15/h4-6,9,16H,2-3H2,1H3,(H,17,18). The highest BCUT2D eigenvalue weighted by Gasteiger charge is 2.47. The summed E-state index contributed by atoms with van der Waals surface area (Å²) in [6, 6.07) is 7.27. The van der Waals surface area contributed by atoms with Crippen molar-refractivity contribution in [1.29, 1.82) is 5.26 Å². The Bertz CT molecular complexity index is 534. The van der Waals surface area contributed by atoms with Gasteiger partial charge in [-0.3, -0.25) is 0 Å². The van der Waals surface area contributed by atoms with Gasteiger partial charge in [0.2, 0.25) is 0 Å². The molecule has 1 aromatic rings. The monoisotopic (exact) mass is 308 g/mol. The number of carboxylic acids is 1. The highest BCUT2D eigenvalue weighted by Crippen LogP contribution is 2.42. The lowest BCUT2D eigenvalue weighted by Crippen LogP contribution is -2.45. The SMILES string of the molecule is CC(Nc1ccc(Br)cc1C#N)(C(=O)O)C1CC1. The molecule has 1 atom stereocenters. The summed E-state index contributed by atoms with van der Waals surface area (Å²) in [4.78, 5) is 11.4. The van der Waals surface area contributed by atoms with Crippen LogP contribution in [0.25, 0.3) is 0 Å². The Morgan fingerprint density at radius 3 is 2.78 bits per heavy atom. The van der Waals surface area contributed by atoms with Crippen molar-refractivity contribution >= 4 is 27.6 Å². The first-order valence-electron chi connectivity index (χ1n) is 5.68. The average molecular weight is 309 g/mol. The van der Waals surface area contributed by atoms with Crippen LogP contribution in [0.5, 0.6) is 0 Å². The molecule has 18 heavy (non-hydrogen) atoms. The number of halogens is 1. The van der Waals surface area contributed by atoms with Crippen molar-refractivity contribution < 1.29 is 9.90 Å². The Kier molecular flexibility index (Phi) is 3.31. The molecular formula is C13H13BrN2O2. The van der Waals surface area contributed by atoms with E-state index in [2.05, 4.69) is 27.3 Å². The molecule has 2 rings (SSSR count). The van der Waals surface area contributed by atoms with Gasteiger partial charge < -0.3 is 10.4 Å². The van der Waals surface area contributed by atoms with E-state index in [9.17, 15) is 9.90 Å². The molecule has 0 amide bonds.